The van der Waals surface area contributed by atoms with Gasteiger partial charge in [-0.05, 0) is 34.1 Å². The Morgan fingerprint density at radius 1 is 1.28 bits per heavy atom. The normalized spacial score (nSPS) is 11.8. The number of hydrogen-bond acceptors (Lipinski definition) is 4. The van der Waals surface area contributed by atoms with Gasteiger partial charge in [-0.3, -0.25) is 4.57 Å². The third-order valence-corrected chi connectivity index (χ3v) is 4.58. The van der Waals surface area contributed by atoms with E-state index in [4.69, 9.17) is 10.7 Å². The van der Waals surface area contributed by atoms with E-state index in [1.807, 2.05) is 12.1 Å². The van der Waals surface area contributed by atoms with Crippen LogP contribution in [0.4, 0.5) is 0 Å². The first-order valence-electron chi connectivity index (χ1n) is 4.60. The number of aromatic nitrogens is 3. The van der Waals surface area contributed by atoms with Gasteiger partial charge in [0, 0.05) is 32.2 Å². The predicted octanol–water partition coefficient (Wildman–Crippen LogP) is 2.93. The van der Waals surface area contributed by atoms with Crippen molar-refractivity contribution >= 4 is 51.6 Å². The number of benzene rings is 1. The molecule has 9 heteroatoms. The minimum atomic E-state index is -3.90. The summed E-state index contributed by atoms with van der Waals surface area (Å²) in [6.45, 7) is 0. The van der Waals surface area contributed by atoms with E-state index in [0.717, 1.165) is 14.5 Å². The molecule has 0 bridgehead atoms. The molecule has 5 nitrogen and oxygen atoms in total. The zero-order valence-corrected chi connectivity index (χ0v) is 13.7. The molecule has 1 heterocycles. The summed E-state index contributed by atoms with van der Waals surface area (Å²) in [5.41, 5.74) is 0.722. The summed E-state index contributed by atoms with van der Waals surface area (Å²) in [4.78, 5) is 0. The highest BCUT2D eigenvalue weighted by atomic mass is 79.9. The summed E-state index contributed by atoms with van der Waals surface area (Å²) in [5.74, 6) is 0.411. The molecule has 1 aromatic carbocycles. The Morgan fingerprint density at radius 2 is 1.94 bits per heavy atom. The van der Waals surface area contributed by atoms with Crippen LogP contribution in [-0.4, -0.2) is 23.2 Å². The smallest absolute Gasteiger partial charge is 0.296 e. The summed E-state index contributed by atoms with van der Waals surface area (Å²) >= 11 is 6.72. The molecule has 0 atom stereocenters. The van der Waals surface area contributed by atoms with Gasteiger partial charge in [-0.1, -0.05) is 15.9 Å². The summed E-state index contributed by atoms with van der Waals surface area (Å²) < 4.78 is 25.5. The van der Waals surface area contributed by atoms with E-state index in [2.05, 4.69) is 42.1 Å². The number of hydrogen-bond donors (Lipinski definition) is 0. The second kappa shape index (κ2) is 4.92. The predicted molar refractivity (Wildman–Crippen MR) is 74.9 cm³/mol. The molecule has 0 N–H and O–H groups in total. The molecular weight excluding hydrogens is 409 g/mol. The SMILES string of the molecule is Cn1c(-c2ccc(Br)cc2Br)nnc1S(=O)(=O)Cl. The first-order valence-corrected chi connectivity index (χ1v) is 8.49. The van der Waals surface area contributed by atoms with Crippen LogP contribution in [0, 0.1) is 0 Å². The van der Waals surface area contributed by atoms with Crippen LogP contribution in [0.25, 0.3) is 11.4 Å². The van der Waals surface area contributed by atoms with Crippen LogP contribution in [-0.2, 0) is 16.1 Å². The van der Waals surface area contributed by atoms with Gasteiger partial charge in [0.05, 0.1) is 0 Å². The monoisotopic (exact) mass is 413 g/mol. The minimum absolute atomic E-state index is 0.283. The van der Waals surface area contributed by atoms with Gasteiger partial charge in [-0.25, -0.2) is 8.42 Å². The lowest BCUT2D eigenvalue weighted by molar-refractivity contribution is 0.593. The summed E-state index contributed by atoms with van der Waals surface area (Å²) in [6.07, 6.45) is 0. The fraction of sp³-hybridized carbons (Fsp3) is 0.111. The van der Waals surface area contributed by atoms with Gasteiger partial charge in [-0.15, -0.1) is 10.2 Å². The Kier molecular flexibility index (Phi) is 3.82. The summed E-state index contributed by atoms with van der Waals surface area (Å²) in [6, 6.07) is 5.45. The van der Waals surface area contributed by atoms with E-state index in [9.17, 15) is 8.42 Å². The molecule has 0 unspecified atom stereocenters. The number of rotatable bonds is 2. The number of halogens is 3. The molecule has 0 saturated heterocycles. The van der Waals surface area contributed by atoms with Crippen LogP contribution in [0.2, 0.25) is 0 Å². The molecule has 0 aliphatic heterocycles. The Labute approximate surface area is 125 Å². The molecule has 1 aromatic heterocycles. The molecule has 18 heavy (non-hydrogen) atoms. The van der Waals surface area contributed by atoms with Crippen molar-refractivity contribution in [3.05, 3.63) is 27.1 Å². The second-order valence-electron chi connectivity index (χ2n) is 3.43. The molecule has 0 amide bonds. The van der Waals surface area contributed by atoms with Gasteiger partial charge in [0.25, 0.3) is 14.2 Å². The second-order valence-corrected chi connectivity index (χ2v) is 7.66. The largest absolute Gasteiger partial charge is 0.300 e. The quantitative estimate of drug-likeness (QED) is 0.708. The molecule has 2 rings (SSSR count). The molecule has 0 spiro atoms. The minimum Gasteiger partial charge on any atom is -0.300 e. The first kappa shape index (κ1) is 14.0. The Bertz CT molecular complexity index is 715. The maximum Gasteiger partial charge on any atom is 0.296 e. The van der Waals surface area contributed by atoms with Gasteiger partial charge >= 0.3 is 0 Å². The van der Waals surface area contributed by atoms with Crippen LogP contribution in [0.1, 0.15) is 0 Å². The van der Waals surface area contributed by atoms with Crippen molar-refractivity contribution in [3.63, 3.8) is 0 Å². The van der Waals surface area contributed by atoms with Crippen molar-refractivity contribution in [1.29, 1.82) is 0 Å². The molecule has 0 radical (unpaired) electrons. The van der Waals surface area contributed by atoms with Crippen LogP contribution in [0.15, 0.2) is 32.3 Å². The van der Waals surface area contributed by atoms with Gasteiger partial charge < -0.3 is 0 Å². The van der Waals surface area contributed by atoms with Crippen molar-refractivity contribution in [2.75, 3.05) is 0 Å². The third-order valence-electron chi connectivity index (χ3n) is 2.23. The Morgan fingerprint density at radius 3 is 2.44 bits per heavy atom. The third kappa shape index (κ3) is 2.61. The average molecular weight is 415 g/mol. The van der Waals surface area contributed by atoms with Gasteiger partial charge in [0.2, 0.25) is 0 Å². The first-order chi connectivity index (χ1) is 8.30. The van der Waals surface area contributed by atoms with Gasteiger partial charge in [-0.2, -0.15) is 0 Å². The molecule has 0 aliphatic carbocycles. The molecule has 2 aromatic rings. The van der Waals surface area contributed by atoms with Crippen LogP contribution in [0.3, 0.4) is 0 Å². The van der Waals surface area contributed by atoms with E-state index in [1.54, 1.807) is 13.1 Å². The molecule has 0 saturated carbocycles. The molecule has 0 aliphatic rings. The zero-order chi connectivity index (χ0) is 13.5. The van der Waals surface area contributed by atoms with E-state index in [1.165, 1.54) is 4.57 Å². The highest BCUT2D eigenvalue weighted by Gasteiger charge is 2.21. The fourth-order valence-corrected chi connectivity index (χ4v) is 3.61. The van der Waals surface area contributed by atoms with Crippen LogP contribution in [0.5, 0.6) is 0 Å². The van der Waals surface area contributed by atoms with Crippen molar-refractivity contribution in [3.8, 4) is 11.4 Å². The van der Waals surface area contributed by atoms with Crippen LogP contribution >= 0.6 is 42.5 Å². The Hall–Kier alpha value is -0.440. The van der Waals surface area contributed by atoms with Crippen LogP contribution < -0.4 is 0 Å². The lowest BCUT2D eigenvalue weighted by atomic mass is 10.2. The molecular formula is C9H6Br2ClN3O2S. The maximum absolute atomic E-state index is 11.3. The topological polar surface area (TPSA) is 64.8 Å². The number of nitrogens with zero attached hydrogens (tertiary/aromatic N) is 3. The van der Waals surface area contributed by atoms with Gasteiger partial charge in [0.15, 0.2) is 5.82 Å². The Balaban J connectivity index is 2.63. The van der Waals surface area contributed by atoms with E-state index >= 15 is 0 Å². The van der Waals surface area contributed by atoms with Crippen molar-refractivity contribution < 1.29 is 8.42 Å². The van der Waals surface area contributed by atoms with Gasteiger partial charge in [0.1, 0.15) is 0 Å². The maximum atomic E-state index is 11.3. The van der Waals surface area contributed by atoms with E-state index in [0.29, 0.717) is 5.82 Å². The molecule has 0 fully saturated rings. The fourth-order valence-electron chi connectivity index (χ4n) is 1.43. The average Bonchev–Trinajstić information content (AvgIpc) is 2.60. The van der Waals surface area contributed by atoms with Crippen molar-refractivity contribution in [2.24, 2.45) is 7.05 Å². The summed E-state index contributed by atoms with van der Waals surface area (Å²) in [5, 5.41) is 7.15. The standard InChI is InChI=1S/C9H6Br2ClN3O2S/c1-15-8(13-14-9(15)18(12,16)17)6-3-2-5(10)4-7(6)11/h2-4H,1H3. The highest BCUT2D eigenvalue weighted by Crippen LogP contribution is 2.30. The summed E-state index contributed by atoms with van der Waals surface area (Å²) in [7, 11) is 2.90. The zero-order valence-electron chi connectivity index (χ0n) is 8.93. The lowest BCUT2D eigenvalue weighted by Gasteiger charge is -2.04. The van der Waals surface area contributed by atoms with Crippen molar-refractivity contribution in [1.82, 2.24) is 14.8 Å². The molecule has 96 valence electrons. The van der Waals surface area contributed by atoms with E-state index in [-0.39, 0.29) is 5.16 Å². The van der Waals surface area contributed by atoms with E-state index < -0.39 is 9.05 Å². The van der Waals surface area contributed by atoms with Crippen molar-refractivity contribution in [2.45, 2.75) is 5.16 Å². The highest BCUT2D eigenvalue weighted by molar-refractivity contribution is 9.11. The lowest BCUT2D eigenvalue weighted by Crippen LogP contribution is -2.03.